The maximum Gasteiger partial charge on any atom is 0.238 e. The van der Waals surface area contributed by atoms with Crippen LogP contribution in [0.1, 0.15) is 13.3 Å². The first-order valence-corrected chi connectivity index (χ1v) is 7.14. The van der Waals surface area contributed by atoms with Crippen molar-refractivity contribution in [1.82, 2.24) is 9.80 Å². The van der Waals surface area contributed by atoms with Gasteiger partial charge in [0.05, 0.1) is 6.54 Å². The van der Waals surface area contributed by atoms with Crippen molar-refractivity contribution >= 4 is 17.5 Å². The van der Waals surface area contributed by atoms with Gasteiger partial charge in [0.15, 0.2) is 0 Å². The Kier molecular flexibility index (Phi) is 5.27. The van der Waals surface area contributed by atoms with E-state index in [1.165, 1.54) is 24.3 Å². The quantitative estimate of drug-likeness (QED) is 0.911. The van der Waals surface area contributed by atoms with Crippen molar-refractivity contribution in [2.75, 3.05) is 38.0 Å². The molecule has 5 nitrogen and oxygen atoms in total. The summed E-state index contributed by atoms with van der Waals surface area (Å²) < 4.78 is 12.8. The summed E-state index contributed by atoms with van der Waals surface area (Å²) in [5, 5.41) is 2.73. The zero-order valence-corrected chi connectivity index (χ0v) is 12.1. The number of anilines is 1. The molecule has 0 spiro atoms. The predicted molar refractivity (Wildman–Crippen MR) is 78.3 cm³/mol. The number of benzene rings is 1. The SMILES string of the molecule is CCC(=O)N1CCN(CC(=O)Nc2ccc(F)cc2)CC1. The van der Waals surface area contributed by atoms with E-state index in [4.69, 9.17) is 0 Å². The van der Waals surface area contributed by atoms with Gasteiger partial charge in [0.1, 0.15) is 5.82 Å². The first-order valence-electron chi connectivity index (χ1n) is 7.14. The van der Waals surface area contributed by atoms with Crippen LogP contribution in [0.15, 0.2) is 24.3 Å². The second-order valence-electron chi connectivity index (χ2n) is 5.07. The Morgan fingerprint density at radius 3 is 2.33 bits per heavy atom. The molecular formula is C15H20FN3O2. The number of amides is 2. The van der Waals surface area contributed by atoms with Crippen molar-refractivity contribution in [2.24, 2.45) is 0 Å². The molecule has 1 saturated heterocycles. The molecule has 21 heavy (non-hydrogen) atoms. The lowest BCUT2D eigenvalue weighted by molar-refractivity contribution is -0.132. The summed E-state index contributed by atoms with van der Waals surface area (Å²) in [4.78, 5) is 27.3. The number of nitrogens with one attached hydrogen (secondary N) is 1. The summed E-state index contributed by atoms with van der Waals surface area (Å²) >= 11 is 0. The Labute approximate surface area is 123 Å². The fourth-order valence-corrected chi connectivity index (χ4v) is 2.32. The lowest BCUT2D eigenvalue weighted by atomic mass is 10.2. The van der Waals surface area contributed by atoms with Gasteiger partial charge in [-0.1, -0.05) is 6.92 Å². The third-order valence-electron chi connectivity index (χ3n) is 3.52. The number of carbonyl (C=O) groups is 2. The number of hydrogen-bond acceptors (Lipinski definition) is 3. The first-order chi connectivity index (χ1) is 10.1. The van der Waals surface area contributed by atoms with E-state index in [0.29, 0.717) is 38.3 Å². The van der Waals surface area contributed by atoms with Crippen molar-refractivity contribution < 1.29 is 14.0 Å². The van der Waals surface area contributed by atoms with Gasteiger partial charge < -0.3 is 10.2 Å². The van der Waals surface area contributed by atoms with Crippen molar-refractivity contribution in [3.63, 3.8) is 0 Å². The number of hydrogen-bond donors (Lipinski definition) is 1. The lowest BCUT2D eigenvalue weighted by Gasteiger charge is -2.34. The molecule has 0 bridgehead atoms. The van der Waals surface area contributed by atoms with Crippen LogP contribution in [0.5, 0.6) is 0 Å². The summed E-state index contributed by atoms with van der Waals surface area (Å²) in [5.41, 5.74) is 0.584. The number of nitrogens with zero attached hydrogens (tertiary/aromatic N) is 2. The molecule has 1 aliphatic rings. The van der Waals surface area contributed by atoms with Gasteiger partial charge in [-0.2, -0.15) is 0 Å². The molecule has 0 radical (unpaired) electrons. The third-order valence-corrected chi connectivity index (χ3v) is 3.52. The van der Waals surface area contributed by atoms with Gasteiger partial charge in [0.2, 0.25) is 11.8 Å². The Balaban J connectivity index is 1.76. The molecule has 0 atom stereocenters. The smallest absolute Gasteiger partial charge is 0.238 e. The molecule has 1 fully saturated rings. The van der Waals surface area contributed by atoms with Crippen LogP contribution in [0.4, 0.5) is 10.1 Å². The van der Waals surface area contributed by atoms with E-state index < -0.39 is 0 Å². The maximum atomic E-state index is 12.8. The Morgan fingerprint density at radius 2 is 1.76 bits per heavy atom. The van der Waals surface area contributed by atoms with Crippen molar-refractivity contribution in [3.8, 4) is 0 Å². The normalized spacial score (nSPS) is 15.8. The molecular weight excluding hydrogens is 273 g/mol. The highest BCUT2D eigenvalue weighted by atomic mass is 19.1. The largest absolute Gasteiger partial charge is 0.340 e. The summed E-state index contributed by atoms with van der Waals surface area (Å²) in [5.74, 6) is -0.299. The summed E-state index contributed by atoms with van der Waals surface area (Å²) in [7, 11) is 0. The highest BCUT2D eigenvalue weighted by molar-refractivity contribution is 5.92. The zero-order valence-electron chi connectivity index (χ0n) is 12.1. The average Bonchev–Trinajstić information content (AvgIpc) is 2.49. The second-order valence-corrected chi connectivity index (χ2v) is 5.07. The highest BCUT2D eigenvalue weighted by Gasteiger charge is 2.21. The molecule has 0 saturated carbocycles. The topological polar surface area (TPSA) is 52.7 Å². The van der Waals surface area contributed by atoms with E-state index in [-0.39, 0.29) is 24.2 Å². The van der Waals surface area contributed by atoms with Crippen molar-refractivity contribution in [2.45, 2.75) is 13.3 Å². The van der Waals surface area contributed by atoms with Crippen LogP contribution in [0, 0.1) is 5.82 Å². The van der Waals surface area contributed by atoms with Gasteiger partial charge in [-0.15, -0.1) is 0 Å². The van der Waals surface area contributed by atoms with E-state index >= 15 is 0 Å². The Bertz CT molecular complexity index is 496. The van der Waals surface area contributed by atoms with Gasteiger partial charge in [-0.3, -0.25) is 14.5 Å². The zero-order chi connectivity index (χ0) is 15.2. The summed E-state index contributed by atoms with van der Waals surface area (Å²) in [6.45, 7) is 4.86. The molecule has 0 aliphatic carbocycles. The van der Waals surface area contributed by atoms with Gasteiger partial charge in [0, 0.05) is 38.3 Å². The molecule has 1 N–H and O–H groups in total. The van der Waals surface area contributed by atoms with Crippen LogP contribution < -0.4 is 5.32 Å². The average molecular weight is 293 g/mol. The van der Waals surface area contributed by atoms with Crippen LogP contribution in [0.25, 0.3) is 0 Å². The standard InChI is InChI=1S/C15H20FN3O2/c1-2-15(21)19-9-7-18(8-10-19)11-14(20)17-13-5-3-12(16)4-6-13/h3-6H,2,7-11H2,1H3,(H,17,20). The van der Waals surface area contributed by atoms with E-state index in [1.807, 2.05) is 16.7 Å². The van der Waals surface area contributed by atoms with Crippen LogP contribution in [-0.2, 0) is 9.59 Å². The molecule has 1 aromatic rings. The summed E-state index contributed by atoms with van der Waals surface area (Å²) in [6.07, 6.45) is 0.519. The van der Waals surface area contributed by atoms with Gasteiger partial charge in [-0.25, -0.2) is 4.39 Å². The van der Waals surface area contributed by atoms with E-state index in [0.717, 1.165) is 0 Å². The second kappa shape index (κ2) is 7.17. The number of halogens is 1. The van der Waals surface area contributed by atoms with Gasteiger partial charge >= 0.3 is 0 Å². The third kappa shape index (κ3) is 4.53. The Morgan fingerprint density at radius 1 is 1.14 bits per heavy atom. The van der Waals surface area contributed by atoms with Crippen LogP contribution in [0.3, 0.4) is 0 Å². The lowest BCUT2D eigenvalue weighted by Crippen LogP contribution is -2.50. The molecule has 114 valence electrons. The molecule has 2 amide bonds. The minimum Gasteiger partial charge on any atom is -0.340 e. The van der Waals surface area contributed by atoms with Gasteiger partial charge in [-0.05, 0) is 24.3 Å². The van der Waals surface area contributed by atoms with Crippen molar-refractivity contribution in [3.05, 3.63) is 30.1 Å². The maximum absolute atomic E-state index is 12.8. The molecule has 1 heterocycles. The number of carbonyl (C=O) groups excluding carboxylic acids is 2. The molecule has 0 unspecified atom stereocenters. The van der Waals surface area contributed by atoms with Crippen LogP contribution >= 0.6 is 0 Å². The van der Waals surface area contributed by atoms with Crippen molar-refractivity contribution in [1.29, 1.82) is 0 Å². The van der Waals surface area contributed by atoms with E-state index in [2.05, 4.69) is 5.32 Å². The first kappa shape index (κ1) is 15.4. The molecule has 6 heteroatoms. The minimum atomic E-state index is -0.329. The molecule has 1 aromatic carbocycles. The molecule has 1 aliphatic heterocycles. The minimum absolute atomic E-state index is 0.128. The Hall–Kier alpha value is -1.95. The predicted octanol–water partition coefficient (Wildman–Crippen LogP) is 1.32. The number of piperazine rings is 1. The van der Waals surface area contributed by atoms with Crippen LogP contribution in [-0.4, -0.2) is 54.3 Å². The fraction of sp³-hybridized carbons (Fsp3) is 0.467. The van der Waals surface area contributed by atoms with E-state index in [1.54, 1.807) is 0 Å². The van der Waals surface area contributed by atoms with Crippen LogP contribution in [0.2, 0.25) is 0 Å². The highest BCUT2D eigenvalue weighted by Crippen LogP contribution is 2.09. The fourth-order valence-electron chi connectivity index (χ4n) is 2.32. The molecule has 0 aromatic heterocycles. The monoisotopic (exact) mass is 293 g/mol. The number of rotatable bonds is 4. The summed E-state index contributed by atoms with van der Waals surface area (Å²) in [6, 6.07) is 5.69. The molecule has 2 rings (SSSR count). The van der Waals surface area contributed by atoms with E-state index in [9.17, 15) is 14.0 Å². The van der Waals surface area contributed by atoms with Gasteiger partial charge in [0.25, 0.3) is 0 Å².